The Morgan fingerprint density at radius 2 is 1.83 bits per heavy atom. The van der Waals surface area contributed by atoms with E-state index in [0.29, 0.717) is 28.9 Å². The lowest BCUT2D eigenvalue weighted by atomic mass is 9.91. The van der Waals surface area contributed by atoms with Crippen molar-refractivity contribution in [3.63, 3.8) is 0 Å². The van der Waals surface area contributed by atoms with Crippen LogP contribution in [0.3, 0.4) is 0 Å². The lowest BCUT2D eigenvalue weighted by Crippen LogP contribution is -2.17. The highest BCUT2D eigenvalue weighted by Gasteiger charge is 2.29. The van der Waals surface area contributed by atoms with Gasteiger partial charge in [-0.3, -0.25) is 4.79 Å². The van der Waals surface area contributed by atoms with Crippen LogP contribution in [0.25, 0.3) is 22.2 Å². The van der Waals surface area contributed by atoms with Crippen molar-refractivity contribution in [3.8, 4) is 16.9 Å². The Labute approximate surface area is 167 Å². The zero-order chi connectivity index (χ0) is 21.5. The van der Waals surface area contributed by atoms with Gasteiger partial charge < -0.3 is 20.9 Å². The number of ether oxygens (including phenoxy) is 2. The predicted molar refractivity (Wildman–Crippen MR) is 109 cm³/mol. The fraction of sp³-hybridized carbons (Fsp3) is 0.300. The number of primary amides is 1. The van der Waals surface area contributed by atoms with Gasteiger partial charge in [-0.2, -0.15) is 5.10 Å². The molecule has 0 spiro atoms. The molecule has 3 aromatic rings. The van der Waals surface area contributed by atoms with Gasteiger partial charge in [0, 0.05) is 12.1 Å². The Morgan fingerprint density at radius 1 is 1.14 bits per heavy atom. The maximum Gasteiger partial charge on any atom is 0.359 e. The molecule has 1 aromatic carbocycles. The largest absolute Gasteiger partial charge is 0.496 e. The Bertz CT molecular complexity index is 1150. The fourth-order valence-electron chi connectivity index (χ4n) is 3.56. The fourth-order valence-corrected chi connectivity index (χ4v) is 3.56. The molecule has 0 atom stereocenters. The molecule has 0 bridgehead atoms. The molecule has 0 aliphatic heterocycles. The molecule has 9 nitrogen and oxygen atoms in total. The lowest BCUT2D eigenvalue weighted by molar-refractivity contribution is 0.0595. The maximum absolute atomic E-state index is 12.5. The van der Waals surface area contributed by atoms with E-state index in [1.54, 1.807) is 7.11 Å². The third-order valence-corrected chi connectivity index (χ3v) is 4.92. The maximum atomic E-state index is 12.5. The summed E-state index contributed by atoms with van der Waals surface area (Å²) in [6, 6.07) is 3.72. The van der Waals surface area contributed by atoms with Crippen molar-refractivity contribution in [2.24, 2.45) is 5.73 Å². The SMILES string of the molecule is CCn1nc(C(=O)OC)c2c(-c3c(C)ccc(OC)c3C)c(N)c(C(N)=O)nc21. The molecule has 0 fully saturated rings. The first-order valence-corrected chi connectivity index (χ1v) is 8.99. The van der Waals surface area contributed by atoms with E-state index in [2.05, 4.69) is 10.1 Å². The second-order valence-electron chi connectivity index (χ2n) is 6.55. The second kappa shape index (κ2) is 7.42. The molecule has 2 aromatic heterocycles. The number of pyridine rings is 1. The Morgan fingerprint density at radius 3 is 2.38 bits per heavy atom. The van der Waals surface area contributed by atoms with Crippen LogP contribution in [0.1, 0.15) is 39.0 Å². The molecular formula is C20H23N5O4. The van der Waals surface area contributed by atoms with E-state index < -0.39 is 11.9 Å². The van der Waals surface area contributed by atoms with E-state index >= 15 is 0 Å². The van der Waals surface area contributed by atoms with Crippen molar-refractivity contribution in [3.05, 3.63) is 34.6 Å². The van der Waals surface area contributed by atoms with Crippen LogP contribution in [0, 0.1) is 13.8 Å². The highest BCUT2D eigenvalue weighted by molar-refractivity contribution is 6.14. The van der Waals surface area contributed by atoms with Crippen LogP contribution in [-0.4, -0.2) is 40.9 Å². The number of carbonyl (C=O) groups is 2. The third kappa shape index (κ3) is 3.04. The first-order valence-electron chi connectivity index (χ1n) is 8.99. The summed E-state index contributed by atoms with van der Waals surface area (Å²) in [5.41, 5.74) is 15.1. The van der Waals surface area contributed by atoms with Gasteiger partial charge in [-0.15, -0.1) is 0 Å². The number of amides is 1. The number of nitrogens with two attached hydrogens (primary N) is 2. The van der Waals surface area contributed by atoms with Crippen molar-refractivity contribution < 1.29 is 19.1 Å². The van der Waals surface area contributed by atoms with Gasteiger partial charge in [-0.25, -0.2) is 14.5 Å². The number of nitrogen functional groups attached to an aromatic ring is 1. The first-order chi connectivity index (χ1) is 13.8. The van der Waals surface area contributed by atoms with Crippen LogP contribution in [0.15, 0.2) is 12.1 Å². The van der Waals surface area contributed by atoms with Gasteiger partial charge in [0.2, 0.25) is 0 Å². The molecule has 0 aliphatic carbocycles. The van der Waals surface area contributed by atoms with Gasteiger partial charge in [-0.1, -0.05) is 6.07 Å². The van der Waals surface area contributed by atoms with Crippen LogP contribution in [0.5, 0.6) is 5.75 Å². The van der Waals surface area contributed by atoms with Crippen LogP contribution in [0.4, 0.5) is 5.69 Å². The Kier molecular flexibility index (Phi) is 5.15. The molecule has 0 aliphatic rings. The topological polar surface area (TPSA) is 135 Å². The van der Waals surface area contributed by atoms with Crippen LogP contribution < -0.4 is 16.2 Å². The molecule has 29 heavy (non-hydrogen) atoms. The molecule has 9 heteroatoms. The van der Waals surface area contributed by atoms with Crippen LogP contribution in [0.2, 0.25) is 0 Å². The van der Waals surface area contributed by atoms with Crippen molar-refractivity contribution in [1.82, 2.24) is 14.8 Å². The number of carbonyl (C=O) groups excluding carboxylic acids is 2. The molecule has 4 N–H and O–H groups in total. The number of aryl methyl sites for hydroxylation is 2. The molecule has 2 heterocycles. The summed E-state index contributed by atoms with van der Waals surface area (Å²) in [7, 11) is 2.84. The summed E-state index contributed by atoms with van der Waals surface area (Å²) in [4.78, 5) is 28.9. The quantitative estimate of drug-likeness (QED) is 0.630. The van der Waals surface area contributed by atoms with E-state index in [1.165, 1.54) is 11.8 Å². The van der Waals surface area contributed by atoms with Crippen molar-refractivity contribution >= 4 is 28.6 Å². The highest BCUT2D eigenvalue weighted by atomic mass is 16.5. The molecule has 152 valence electrons. The second-order valence-corrected chi connectivity index (χ2v) is 6.55. The number of hydrogen-bond acceptors (Lipinski definition) is 7. The van der Waals surface area contributed by atoms with Gasteiger partial charge in [0.1, 0.15) is 5.75 Å². The predicted octanol–water partition coefficient (Wildman–Crippen LogP) is 2.21. The molecule has 0 saturated heterocycles. The normalized spacial score (nSPS) is 10.9. The minimum absolute atomic E-state index is 0.0659. The van der Waals surface area contributed by atoms with Gasteiger partial charge in [0.15, 0.2) is 17.0 Å². The zero-order valence-electron chi connectivity index (χ0n) is 17.0. The summed E-state index contributed by atoms with van der Waals surface area (Å²) in [6.45, 7) is 6.04. The van der Waals surface area contributed by atoms with Crippen molar-refractivity contribution in [2.45, 2.75) is 27.3 Å². The number of esters is 1. The monoisotopic (exact) mass is 397 g/mol. The number of fused-ring (bicyclic) bond motifs is 1. The van der Waals surface area contributed by atoms with Gasteiger partial charge in [0.05, 0.1) is 25.3 Å². The van der Waals surface area contributed by atoms with Gasteiger partial charge in [-0.05, 0) is 43.5 Å². The highest BCUT2D eigenvalue weighted by Crippen LogP contribution is 2.42. The number of anilines is 1. The Hall–Kier alpha value is -3.62. The average molecular weight is 397 g/mol. The molecule has 0 saturated carbocycles. The third-order valence-electron chi connectivity index (χ3n) is 4.92. The van der Waals surface area contributed by atoms with E-state index in [1.807, 2.05) is 32.9 Å². The number of nitrogens with zero attached hydrogens (tertiary/aromatic N) is 3. The van der Waals surface area contributed by atoms with Gasteiger partial charge >= 0.3 is 5.97 Å². The Balaban J connectivity index is 2.61. The number of methoxy groups -OCH3 is 2. The molecule has 0 radical (unpaired) electrons. The summed E-state index contributed by atoms with van der Waals surface area (Å²) in [6.07, 6.45) is 0. The molecule has 1 amide bonds. The van der Waals surface area contributed by atoms with Gasteiger partial charge in [0.25, 0.3) is 5.91 Å². The summed E-state index contributed by atoms with van der Waals surface area (Å²) < 4.78 is 11.9. The van der Waals surface area contributed by atoms with Crippen LogP contribution >= 0.6 is 0 Å². The first kappa shape index (κ1) is 20.1. The van der Waals surface area contributed by atoms with Crippen molar-refractivity contribution in [2.75, 3.05) is 20.0 Å². The summed E-state index contributed by atoms with van der Waals surface area (Å²) >= 11 is 0. The smallest absolute Gasteiger partial charge is 0.359 e. The summed E-state index contributed by atoms with van der Waals surface area (Å²) in [5, 5.41) is 4.75. The van der Waals surface area contributed by atoms with Crippen LogP contribution in [-0.2, 0) is 11.3 Å². The average Bonchev–Trinajstić information content (AvgIpc) is 3.06. The summed E-state index contributed by atoms with van der Waals surface area (Å²) in [5.74, 6) is -0.764. The standard InChI is InChI=1S/C20H23N5O4/c1-6-25-19-14(16(24-25)20(27)29-5)13(15(21)17(23-19)18(22)26)12-9(2)7-8-11(28-4)10(12)3/h7-8H,6,21H2,1-5H3,(H2,22,26). The molecule has 3 rings (SSSR count). The number of hydrogen-bond donors (Lipinski definition) is 2. The number of benzene rings is 1. The zero-order valence-corrected chi connectivity index (χ0v) is 17.0. The molecule has 0 unspecified atom stereocenters. The van der Waals surface area contributed by atoms with E-state index in [9.17, 15) is 9.59 Å². The van der Waals surface area contributed by atoms with E-state index in [-0.39, 0.29) is 17.1 Å². The number of aromatic nitrogens is 3. The minimum Gasteiger partial charge on any atom is -0.496 e. The van der Waals surface area contributed by atoms with Crippen molar-refractivity contribution in [1.29, 1.82) is 0 Å². The number of rotatable bonds is 5. The van der Waals surface area contributed by atoms with E-state index in [0.717, 1.165) is 16.7 Å². The molecular weight excluding hydrogens is 374 g/mol. The lowest BCUT2D eigenvalue weighted by Gasteiger charge is -2.18. The van der Waals surface area contributed by atoms with E-state index in [4.69, 9.17) is 20.9 Å². The minimum atomic E-state index is -0.771.